The van der Waals surface area contributed by atoms with Gasteiger partial charge in [0.25, 0.3) is 11.2 Å². The summed E-state index contributed by atoms with van der Waals surface area (Å²) in [5, 5.41) is 10.6. The van der Waals surface area contributed by atoms with E-state index in [-0.39, 0.29) is 17.2 Å². The van der Waals surface area contributed by atoms with Crippen molar-refractivity contribution in [1.82, 2.24) is 4.98 Å². The van der Waals surface area contributed by atoms with Crippen LogP contribution in [-0.2, 0) is 6.42 Å². The predicted molar refractivity (Wildman–Crippen MR) is 77.4 cm³/mol. The van der Waals surface area contributed by atoms with E-state index in [0.29, 0.717) is 23.2 Å². The molecule has 3 N–H and O–H groups in total. The molecule has 0 spiro atoms. The number of nitrogens with zero attached hydrogens (tertiary/aromatic N) is 1. The third kappa shape index (κ3) is 2.81. The Hall–Kier alpha value is -2.96. The minimum absolute atomic E-state index is 0.0440. The Kier molecular flexibility index (Phi) is 3.84. The number of aromatic amines is 1. The zero-order valence-electron chi connectivity index (χ0n) is 11.3. The van der Waals surface area contributed by atoms with Crippen molar-refractivity contribution >= 4 is 17.2 Å². The molecule has 7 heteroatoms. The number of ketones is 1. The molecule has 0 amide bonds. The summed E-state index contributed by atoms with van der Waals surface area (Å²) < 4.78 is 0. The molecule has 0 aliphatic carbocycles. The van der Waals surface area contributed by atoms with E-state index in [1.807, 2.05) is 0 Å². The van der Waals surface area contributed by atoms with Gasteiger partial charge in [-0.25, -0.2) is 0 Å². The van der Waals surface area contributed by atoms with Crippen LogP contribution in [0.4, 0.5) is 11.4 Å². The number of hydrogen-bond donors (Lipinski definition) is 2. The molecule has 0 atom stereocenters. The second kappa shape index (κ2) is 5.58. The SMILES string of the molecule is CCc1[nH]c(=O)c(N)cc1C(=O)c1ccc([N+](=O)[O-])cc1. The van der Waals surface area contributed by atoms with Crippen LogP contribution in [-0.4, -0.2) is 15.7 Å². The van der Waals surface area contributed by atoms with Crippen LogP contribution in [0.2, 0.25) is 0 Å². The zero-order valence-corrected chi connectivity index (χ0v) is 11.3. The van der Waals surface area contributed by atoms with Crippen molar-refractivity contribution in [1.29, 1.82) is 0 Å². The Labute approximate surface area is 119 Å². The van der Waals surface area contributed by atoms with E-state index >= 15 is 0 Å². The average Bonchev–Trinajstić information content (AvgIpc) is 2.49. The maximum absolute atomic E-state index is 12.4. The molecule has 0 bridgehead atoms. The first kappa shape index (κ1) is 14.4. The lowest BCUT2D eigenvalue weighted by Crippen LogP contribution is -2.18. The quantitative estimate of drug-likeness (QED) is 0.503. The summed E-state index contributed by atoms with van der Waals surface area (Å²) >= 11 is 0. The summed E-state index contributed by atoms with van der Waals surface area (Å²) in [5.74, 6) is -0.343. The number of nitrogen functional groups attached to an aromatic ring is 1. The summed E-state index contributed by atoms with van der Waals surface area (Å²) in [6.07, 6.45) is 0.462. The third-order valence-electron chi connectivity index (χ3n) is 3.09. The zero-order chi connectivity index (χ0) is 15.6. The first-order chi connectivity index (χ1) is 9.93. The highest BCUT2D eigenvalue weighted by atomic mass is 16.6. The molecule has 0 saturated carbocycles. The molecular formula is C14H13N3O4. The van der Waals surface area contributed by atoms with E-state index in [1.54, 1.807) is 6.92 Å². The standard InChI is InChI=1S/C14H13N3O4/c1-2-12-10(7-11(15)14(19)16-12)13(18)8-3-5-9(6-4-8)17(20)21/h3-7H,2,15H2,1H3,(H,16,19). The van der Waals surface area contributed by atoms with Gasteiger partial charge in [0.2, 0.25) is 0 Å². The molecular weight excluding hydrogens is 274 g/mol. The Morgan fingerprint density at radius 2 is 1.95 bits per heavy atom. The first-order valence-electron chi connectivity index (χ1n) is 6.25. The summed E-state index contributed by atoms with van der Waals surface area (Å²) in [5.41, 5.74) is 6.03. The van der Waals surface area contributed by atoms with Gasteiger partial charge in [0, 0.05) is 29.0 Å². The number of rotatable bonds is 4. The Balaban J connectivity index is 2.46. The Morgan fingerprint density at radius 1 is 1.33 bits per heavy atom. The molecule has 1 heterocycles. The highest BCUT2D eigenvalue weighted by Crippen LogP contribution is 2.17. The summed E-state index contributed by atoms with van der Waals surface area (Å²) in [4.78, 5) is 36.5. The van der Waals surface area contributed by atoms with E-state index in [0.717, 1.165) is 0 Å². The van der Waals surface area contributed by atoms with Crippen LogP contribution in [0.1, 0.15) is 28.5 Å². The predicted octanol–water partition coefficient (Wildman–Crippen LogP) is 1.66. The monoisotopic (exact) mass is 287 g/mol. The normalized spacial score (nSPS) is 10.3. The van der Waals surface area contributed by atoms with Crippen molar-refractivity contribution in [2.45, 2.75) is 13.3 Å². The van der Waals surface area contributed by atoms with Crippen LogP contribution < -0.4 is 11.3 Å². The smallest absolute Gasteiger partial charge is 0.271 e. The number of nitrogens with one attached hydrogen (secondary N) is 1. The Morgan fingerprint density at radius 3 is 2.48 bits per heavy atom. The lowest BCUT2D eigenvalue weighted by molar-refractivity contribution is -0.384. The lowest BCUT2D eigenvalue weighted by atomic mass is 10.00. The van der Waals surface area contributed by atoms with Gasteiger partial charge in [0.05, 0.1) is 10.6 Å². The molecule has 1 aromatic carbocycles. The fourth-order valence-electron chi connectivity index (χ4n) is 1.96. The van der Waals surface area contributed by atoms with Crippen molar-refractivity contribution < 1.29 is 9.72 Å². The molecule has 21 heavy (non-hydrogen) atoms. The molecule has 7 nitrogen and oxygen atoms in total. The van der Waals surface area contributed by atoms with E-state index in [9.17, 15) is 19.7 Å². The number of carbonyl (C=O) groups excluding carboxylic acids is 1. The number of anilines is 1. The van der Waals surface area contributed by atoms with Gasteiger partial charge in [0.1, 0.15) is 0 Å². The molecule has 2 rings (SSSR count). The van der Waals surface area contributed by atoms with Gasteiger partial charge in [-0.05, 0) is 24.6 Å². The van der Waals surface area contributed by atoms with Crippen LogP contribution in [0.25, 0.3) is 0 Å². The number of aryl methyl sites for hydroxylation is 1. The van der Waals surface area contributed by atoms with E-state index < -0.39 is 10.5 Å². The van der Waals surface area contributed by atoms with Crippen LogP contribution >= 0.6 is 0 Å². The molecule has 0 fully saturated rings. The highest BCUT2D eigenvalue weighted by Gasteiger charge is 2.16. The van der Waals surface area contributed by atoms with Crippen LogP contribution in [0.5, 0.6) is 0 Å². The fraction of sp³-hybridized carbons (Fsp3) is 0.143. The van der Waals surface area contributed by atoms with E-state index in [2.05, 4.69) is 4.98 Å². The number of pyridine rings is 1. The molecule has 0 saturated heterocycles. The topological polar surface area (TPSA) is 119 Å². The number of H-pyrrole nitrogens is 1. The van der Waals surface area contributed by atoms with Crippen molar-refractivity contribution in [3.63, 3.8) is 0 Å². The van der Waals surface area contributed by atoms with Gasteiger partial charge in [-0.3, -0.25) is 19.7 Å². The molecule has 0 unspecified atom stereocenters. The molecule has 108 valence electrons. The minimum atomic E-state index is -0.538. The van der Waals surface area contributed by atoms with Crippen molar-refractivity contribution in [2.24, 2.45) is 0 Å². The average molecular weight is 287 g/mol. The number of benzene rings is 1. The number of hydrogen-bond acceptors (Lipinski definition) is 5. The molecule has 0 radical (unpaired) electrons. The Bertz CT molecular complexity index is 763. The van der Waals surface area contributed by atoms with E-state index in [1.165, 1.54) is 30.3 Å². The number of non-ortho nitro benzene ring substituents is 1. The van der Waals surface area contributed by atoms with Gasteiger partial charge in [-0.15, -0.1) is 0 Å². The molecule has 1 aromatic heterocycles. The van der Waals surface area contributed by atoms with E-state index in [4.69, 9.17) is 5.73 Å². The molecule has 0 aliphatic heterocycles. The second-order valence-corrected chi connectivity index (χ2v) is 4.43. The van der Waals surface area contributed by atoms with Gasteiger partial charge < -0.3 is 10.7 Å². The van der Waals surface area contributed by atoms with Crippen LogP contribution in [0.3, 0.4) is 0 Å². The lowest BCUT2D eigenvalue weighted by Gasteiger charge is -2.07. The fourth-order valence-corrected chi connectivity index (χ4v) is 1.96. The number of nitro benzene ring substituents is 1. The van der Waals surface area contributed by atoms with Crippen LogP contribution in [0, 0.1) is 10.1 Å². The highest BCUT2D eigenvalue weighted by molar-refractivity contribution is 6.10. The van der Waals surface area contributed by atoms with Crippen LogP contribution in [0.15, 0.2) is 35.1 Å². The number of nitro groups is 1. The first-order valence-corrected chi connectivity index (χ1v) is 6.25. The second-order valence-electron chi connectivity index (χ2n) is 4.43. The summed E-state index contributed by atoms with van der Waals surface area (Å²) in [7, 11) is 0. The van der Waals surface area contributed by atoms with Crippen molar-refractivity contribution in [3.8, 4) is 0 Å². The number of nitrogens with two attached hydrogens (primary N) is 1. The molecule has 2 aromatic rings. The number of carbonyl (C=O) groups is 1. The van der Waals surface area contributed by atoms with Gasteiger partial charge in [-0.2, -0.15) is 0 Å². The van der Waals surface area contributed by atoms with Gasteiger partial charge in [0.15, 0.2) is 5.78 Å². The van der Waals surface area contributed by atoms with Gasteiger partial charge in [-0.1, -0.05) is 6.92 Å². The summed E-state index contributed by atoms with van der Waals surface area (Å²) in [6, 6.07) is 6.60. The largest absolute Gasteiger partial charge is 0.394 e. The third-order valence-corrected chi connectivity index (χ3v) is 3.09. The van der Waals surface area contributed by atoms with Gasteiger partial charge >= 0.3 is 0 Å². The number of aromatic nitrogens is 1. The van der Waals surface area contributed by atoms with Crippen molar-refractivity contribution in [2.75, 3.05) is 5.73 Å². The minimum Gasteiger partial charge on any atom is -0.394 e. The molecule has 0 aliphatic rings. The maximum atomic E-state index is 12.4. The van der Waals surface area contributed by atoms with Crippen molar-refractivity contribution in [3.05, 3.63) is 67.6 Å². The summed E-state index contributed by atoms with van der Waals surface area (Å²) in [6.45, 7) is 1.80. The maximum Gasteiger partial charge on any atom is 0.271 e.